The van der Waals surface area contributed by atoms with Crippen LogP contribution in [0.3, 0.4) is 0 Å². The van der Waals surface area contributed by atoms with Crippen LogP contribution in [-0.2, 0) is 0 Å². The van der Waals surface area contributed by atoms with Gasteiger partial charge in [-0.1, -0.05) is 65.7 Å². The Morgan fingerprint density at radius 2 is 1.52 bits per heavy atom. The Bertz CT molecular complexity index is 1650. The van der Waals surface area contributed by atoms with E-state index in [1.165, 1.54) is 0 Å². The Labute approximate surface area is 264 Å². The number of benzene rings is 2. The Morgan fingerprint density at radius 3 is 2.11 bits per heavy atom. The summed E-state index contributed by atoms with van der Waals surface area (Å²) in [6, 6.07) is 19.5. The van der Waals surface area contributed by atoms with Crippen LogP contribution >= 0.6 is 0 Å². The topological polar surface area (TPSA) is 66.3 Å². The van der Waals surface area contributed by atoms with Crippen molar-refractivity contribution < 1.29 is 0 Å². The highest BCUT2D eigenvalue weighted by atomic mass is 28.3. The van der Waals surface area contributed by atoms with Gasteiger partial charge in [0.1, 0.15) is 8.07 Å². The quantitative estimate of drug-likeness (QED) is 0.141. The first-order valence-corrected chi connectivity index (χ1v) is 17.9. The van der Waals surface area contributed by atoms with Gasteiger partial charge >= 0.3 is 0 Å². The van der Waals surface area contributed by atoms with Gasteiger partial charge in [0.15, 0.2) is 5.65 Å². The molecule has 4 aromatic rings. The second-order valence-corrected chi connectivity index (χ2v) is 18.5. The molecule has 0 saturated heterocycles. The lowest BCUT2D eigenvalue weighted by Crippen LogP contribution is -2.43. The van der Waals surface area contributed by atoms with Crippen molar-refractivity contribution >= 4 is 36.4 Å². The minimum atomic E-state index is -2.01. The summed E-state index contributed by atoms with van der Waals surface area (Å²) < 4.78 is 1.65. The highest BCUT2D eigenvalue weighted by molar-refractivity contribution is 6.90. The number of rotatable bonds is 11. The van der Waals surface area contributed by atoms with Gasteiger partial charge in [0.2, 0.25) is 5.95 Å². The first-order valence-electron chi connectivity index (χ1n) is 15.7. The minimum absolute atomic E-state index is 0.162. The van der Waals surface area contributed by atoms with Crippen molar-refractivity contribution in [1.29, 1.82) is 0 Å². The summed E-state index contributed by atoms with van der Waals surface area (Å²) in [5.74, 6) is 3.91. The Balaban J connectivity index is 1.75. The average molecular weight is 609 g/mol. The molecule has 8 heteroatoms. The lowest BCUT2D eigenvalue weighted by Gasteiger charge is -2.38. The lowest BCUT2D eigenvalue weighted by atomic mass is 10.2. The molecule has 0 aliphatic heterocycles. The van der Waals surface area contributed by atoms with Crippen LogP contribution in [0.4, 0.5) is 17.3 Å². The molecule has 0 fully saturated rings. The number of aromatic nitrogens is 3. The van der Waals surface area contributed by atoms with Gasteiger partial charge in [-0.15, -0.1) is 5.54 Å². The Morgan fingerprint density at radius 1 is 0.886 bits per heavy atom. The molecule has 2 heterocycles. The summed E-state index contributed by atoms with van der Waals surface area (Å²) in [4.78, 5) is 27.7. The number of fused-ring (bicyclic) bond motifs is 1. The first-order chi connectivity index (χ1) is 20.9. The van der Waals surface area contributed by atoms with E-state index in [0.717, 1.165) is 42.0 Å². The molecular weight excluding hydrogens is 561 g/mol. The molecular formula is C36H48N6OSi. The van der Waals surface area contributed by atoms with E-state index in [1.807, 2.05) is 42.5 Å². The van der Waals surface area contributed by atoms with Gasteiger partial charge in [0.25, 0.3) is 5.56 Å². The zero-order valence-corrected chi connectivity index (χ0v) is 28.8. The fourth-order valence-corrected chi connectivity index (χ4v) is 11.6. The molecule has 0 bridgehead atoms. The van der Waals surface area contributed by atoms with E-state index in [1.54, 1.807) is 16.8 Å². The standard InChI is InChI=1S/C36H48N6OSi/c1-26(2)44(27(3)4,28(5)6)23-20-29-24-34(43)42(32-14-11-10-12-15-32)35-33(29)25-37-36(39-35)38-30-16-18-31(19-17-30)41(9)22-13-21-40(7)8/h10-12,14-19,24-28H,13,21-22H2,1-9H3,(H,37,38,39). The van der Waals surface area contributed by atoms with Gasteiger partial charge < -0.3 is 15.1 Å². The van der Waals surface area contributed by atoms with Crippen LogP contribution in [0.5, 0.6) is 0 Å². The third kappa shape index (κ3) is 7.23. The summed E-state index contributed by atoms with van der Waals surface area (Å²) in [5.41, 5.74) is 9.08. The SMILES string of the molecule is CC(C)[Si](C#Cc1cc(=O)n(-c2ccccc2)c2nc(Nc3ccc(N(C)CCCN(C)C)cc3)ncc12)(C(C)C)C(C)C. The fraction of sp³-hybridized carbons (Fsp3) is 0.417. The zero-order valence-electron chi connectivity index (χ0n) is 27.8. The van der Waals surface area contributed by atoms with E-state index in [4.69, 9.17) is 4.98 Å². The number of anilines is 3. The Kier molecular flexibility index (Phi) is 10.7. The van der Waals surface area contributed by atoms with E-state index in [9.17, 15) is 4.79 Å². The molecule has 232 valence electrons. The van der Waals surface area contributed by atoms with Gasteiger partial charge in [0, 0.05) is 42.8 Å². The number of hydrogen-bond donors (Lipinski definition) is 1. The number of nitrogens with one attached hydrogen (secondary N) is 1. The smallest absolute Gasteiger partial charge is 0.258 e. The molecule has 0 unspecified atom stereocenters. The number of pyridine rings is 1. The van der Waals surface area contributed by atoms with Crippen molar-refractivity contribution in [3.8, 4) is 17.2 Å². The number of hydrogen-bond acceptors (Lipinski definition) is 6. The summed E-state index contributed by atoms with van der Waals surface area (Å²) in [7, 11) is 4.30. The highest BCUT2D eigenvalue weighted by Crippen LogP contribution is 2.41. The van der Waals surface area contributed by atoms with Crippen molar-refractivity contribution in [2.24, 2.45) is 0 Å². The van der Waals surface area contributed by atoms with Gasteiger partial charge in [-0.2, -0.15) is 4.98 Å². The summed E-state index contributed by atoms with van der Waals surface area (Å²) >= 11 is 0. The van der Waals surface area contributed by atoms with E-state index in [2.05, 4.69) is 106 Å². The molecule has 2 aromatic heterocycles. The molecule has 0 aliphatic carbocycles. The van der Waals surface area contributed by atoms with Crippen LogP contribution in [0, 0.1) is 11.5 Å². The molecule has 0 aliphatic rings. The van der Waals surface area contributed by atoms with Gasteiger partial charge in [-0.25, -0.2) is 4.98 Å². The predicted octanol–water partition coefficient (Wildman–Crippen LogP) is 7.48. The van der Waals surface area contributed by atoms with E-state index >= 15 is 0 Å². The van der Waals surface area contributed by atoms with Crippen LogP contribution in [0.2, 0.25) is 16.6 Å². The molecule has 7 nitrogen and oxygen atoms in total. The largest absolute Gasteiger partial charge is 0.375 e. The molecule has 44 heavy (non-hydrogen) atoms. The van der Waals surface area contributed by atoms with Crippen molar-refractivity contribution in [2.75, 3.05) is 44.4 Å². The fourth-order valence-electron chi connectivity index (χ4n) is 6.38. The van der Waals surface area contributed by atoms with Crippen LogP contribution in [-0.4, -0.2) is 61.7 Å². The maximum absolute atomic E-state index is 13.7. The monoisotopic (exact) mass is 608 g/mol. The molecule has 0 saturated carbocycles. The van der Waals surface area contributed by atoms with Gasteiger partial charge in [-0.3, -0.25) is 9.36 Å². The number of nitrogens with zero attached hydrogens (tertiary/aromatic N) is 5. The van der Waals surface area contributed by atoms with Crippen molar-refractivity contribution in [3.63, 3.8) is 0 Å². The zero-order chi connectivity index (χ0) is 32.0. The van der Waals surface area contributed by atoms with Crippen LogP contribution in [0.1, 0.15) is 53.5 Å². The maximum atomic E-state index is 13.7. The van der Waals surface area contributed by atoms with Crippen LogP contribution < -0.4 is 15.8 Å². The molecule has 2 aromatic carbocycles. The van der Waals surface area contributed by atoms with E-state index in [-0.39, 0.29) is 5.56 Å². The average Bonchev–Trinajstić information content (AvgIpc) is 2.97. The summed E-state index contributed by atoms with van der Waals surface area (Å²) in [6.07, 6.45) is 2.89. The maximum Gasteiger partial charge on any atom is 0.258 e. The van der Waals surface area contributed by atoms with Crippen LogP contribution in [0.25, 0.3) is 16.7 Å². The number of para-hydroxylation sites is 1. The first kappa shape index (κ1) is 33.0. The normalized spacial score (nSPS) is 11.8. The van der Waals surface area contributed by atoms with E-state index < -0.39 is 8.07 Å². The highest BCUT2D eigenvalue weighted by Gasteiger charge is 2.41. The van der Waals surface area contributed by atoms with Crippen LogP contribution in [0.15, 0.2) is 71.7 Å². The molecule has 0 amide bonds. The Hall–Kier alpha value is -3.93. The molecule has 4 rings (SSSR count). The third-order valence-electron chi connectivity index (χ3n) is 8.72. The summed E-state index contributed by atoms with van der Waals surface area (Å²) in [6.45, 7) is 15.8. The molecule has 1 N–H and O–H groups in total. The molecule has 0 atom stereocenters. The van der Waals surface area contributed by atoms with Gasteiger partial charge in [-0.05, 0) is 80.1 Å². The second kappa shape index (κ2) is 14.2. The predicted molar refractivity (Wildman–Crippen MR) is 189 cm³/mol. The second-order valence-electron chi connectivity index (χ2n) is 12.9. The van der Waals surface area contributed by atoms with Crippen molar-refractivity contribution in [2.45, 2.75) is 64.6 Å². The molecule has 0 radical (unpaired) electrons. The van der Waals surface area contributed by atoms with Gasteiger partial charge in [0.05, 0.1) is 11.1 Å². The lowest BCUT2D eigenvalue weighted by molar-refractivity contribution is 0.401. The minimum Gasteiger partial charge on any atom is -0.375 e. The third-order valence-corrected chi connectivity index (χ3v) is 15.0. The van der Waals surface area contributed by atoms with E-state index in [0.29, 0.717) is 33.8 Å². The van der Waals surface area contributed by atoms with Crippen molar-refractivity contribution in [1.82, 2.24) is 19.4 Å². The molecule has 0 spiro atoms. The van der Waals surface area contributed by atoms with Crippen molar-refractivity contribution in [3.05, 3.63) is 82.8 Å². The summed E-state index contributed by atoms with van der Waals surface area (Å²) in [5, 5.41) is 4.11.